The Morgan fingerprint density at radius 2 is 1.93 bits per heavy atom. The third-order valence-electron chi connectivity index (χ3n) is 4.21. The zero-order chi connectivity index (χ0) is 18.4. The van der Waals surface area contributed by atoms with Gasteiger partial charge in [-0.05, 0) is 48.7 Å². The average molecular weight is 430 g/mol. The molecule has 7 nitrogen and oxygen atoms in total. The first kappa shape index (κ1) is 24.0. The van der Waals surface area contributed by atoms with Crippen LogP contribution in [0.1, 0.15) is 18.4 Å². The molecule has 1 aromatic heterocycles. The molecule has 1 fully saturated rings. The summed E-state index contributed by atoms with van der Waals surface area (Å²) in [5.41, 5.74) is 6.47. The van der Waals surface area contributed by atoms with Crippen molar-refractivity contribution in [2.75, 3.05) is 13.7 Å². The van der Waals surface area contributed by atoms with Gasteiger partial charge in [-0.15, -0.1) is 24.8 Å². The number of aromatic nitrogens is 1. The van der Waals surface area contributed by atoms with Crippen LogP contribution in [-0.4, -0.2) is 36.8 Å². The van der Waals surface area contributed by atoms with E-state index in [1.165, 1.54) is 0 Å². The number of amides is 1. The van der Waals surface area contributed by atoms with E-state index in [0.29, 0.717) is 31.1 Å². The maximum absolute atomic E-state index is 12.2. The van der Waals surface area contributed by atoms with Gasteiger partial charge in [0.05, 0.1) is 13.2 Å². The van der Waals surface area contributed by atoms with Crippen molar-refractivity contribution in [2.45, 2.75) is 31.6 Å². The van der Waals surface area contributed by atoms with Crippen LogP contribution in [0, 0.1) is 0 Å². The lowest BCUT2D eigenvalue weighted by molar-refractivity contribution is -0.132. The average Bonchev–Trinajstić information content (AvgIpc) is 3.16. The summed E-state index contributed by atoms with van der Waals surface area (Å²) < 4.78 is 16.5. The molecule has 1 amide bonds. The molecule has 0 bridgehead atoms. The van der Waals surface area contributed by atoms with Gasteiger partial charge in [0.25, 0.3) is 0 Å². The zero-order valence-electron chi connectivity index (χ0n) is 15.5. The molecule has 0 saturated carbocycles. The first-order valence-corrected chi connectivity index (χ1v) is 8.58. The van der Waals surface area contributed by atoms with Gasteiger partial charge >= 0.3 is 0 Å². The maximum atomic E-state index is 12.2. The van der Waals surface area contributed by atoms with E-state index in [-0.39, 0.29) is 36.8 Å². The Labute approximate surface area is 176 Å². The summed E-state index contributed by atoms with van der Waals surface area (Å²) in [4.78, 5) is 16.4. The maximum Gasteiger partial charge on any atom is 0.249 e. The molecular formula is C19H25Cl2N3O4. The highest BCUT2D eigenvalue weighted by atomic mass is 35.5. The molecule has 154 valence electrons. The number of pyridine rings is 1. The fraction of sp³-hybridized carbons (Fsp3) is 0.368. The van der Waals surface area contributed by atoms with Crippen molar-refractivity contribution in [3.63, 3.8) is 0 Å². The molecule has 3 rings (SSSR count). The van der Waals surface area contributed by atoms with Crippen molar-refractivity contribution in [1.82, 2.24) is 10.3 Å². The van der Waals surface area contributed by atoms with E-state index in [1.54, 1.807) is 31.5 Å². The third kappa shape index (κ3) is 6.53. The highest BCUT2D eigenvalue weighted by Gasteiger charge is 2.29. The molecular weight excluding hydrogens is 405 g/mol. The van der Waals surface area contributed by atoms with Crippen LogP contribution in [0.4, 0.5) is 0 Å². The monoisotopic (exact) mass is 429 g/mol. The van der Waals surface area contributed by atoms with Crippen LogP contribution >= 0.6 is 24.8 Å². The van der Waals surface area contributed by atoms with Crippen molar-refractivity contribution < 1.29 is 19.0 Å². The van der Waals surface area contributed by atoms with Gasteiger partial charge in [-0.2, -0.15) is 0 Å². The van der Waals surface area contributed by atoms with Crippen molar-refractivity contribution in [2.24, 2.45) is 5.73 Å². The minimum atomic E-state index is -0.416. The highest BCUT2D eigenvalue weighted by Crippen LogP contribution is 2.23. The SMILES string of the molecule is COc1ccc(Oc2cc(CNC(=O)[C@@H]3CC[C@H](CN)O3)ccn2)cc1.Cl.Cl. The summed E-state index contributed by atoms with van der Waals surface area (Å²) >= 11 is 0. The molecule has 0 unspecified atom stereocenters. The van der Waals surface area contributed by atoms with Gasteiger partial charge in [0.15, 0.2) is 0 Å². The Hall–Kier alpha value is -2.06. The number of carbonyl (C=O) groups excluding carboxylic acids is 1. The number of nitrogens with zero attached hydrogens (tertiary/aromatic N) is 1. The number of nitrogens with one attached hydrogen (secondary N) is 1. The predicted octanol–water partition coefficient (Wildman–Crippen LogP) is 2.85. The van der Waals surface area contributed by atoms with Gasteiger partial charge in [0, 0.05) is 25.4 Å². The molecule has 0 spiro atoms. The molecule has 1 saturated heterocycles. The highest BCUT2D eigenvalue weighted by molar-refractivity contribution is 5.85. The number of rotatable bonds is 7. The Balaban J connectivity index is 0.00000196. The number of ether oxygens (including phenoxy) is 3. The first-order chi connectivity index (χ1) is 12.7. The number of halogens is 2. The molecule has 2 atom stereocenters. The summed E-state index contributed by atoms with van der Waals surface area (Å²) in [7, 11) is 1.61. The van der Waals surface area contributed by atoms with Gasteiger partial charge in [-0.25, -0.2) is 4.98 Å². The standard InChI is InChI=1S/C19H23N3O4.2ClH/c1-24-14-2-4-15(5-3-14)26-18-10-13(8-9-21-18)12-22-19(23)17-7-6-16(11-20)25-17;;/h2-5,8-10,16-17H,6-7,11-12,20H2,1H3,(H,22,23);2*1H/t16-,17+;;/m1../s1. The molecule has 1 aromatic carbocycles. The van der Waals surface area contributed by atoms with Gasteiger partial charge < -0.3 is 25.3 Å². The van der Waals surface area contributed by atoms with E-state index in [1.807, 2.05) is 18.2 Å². The molecule has 3 N–H and O–H groups in total. The van der Waals surface area contributed by atoms with E-state index in [9.17, 15) is 4.79 Å². The first-order valence-electron chi connectivity index (χ1n) is 8.58. The second-order valence-electron chi connectivity index (χ2n) is 6.06. The number of nitrogens with two attached hydrogens (primary N) is 1. The number of methoxy groups -OCH3 is 1. The van der Waals surface area contributed by atoms with Crippen LogP contribution in [0.5, 0.6) is 17.4 Å². The molecule has 0 radical (unpaired) electrons. The van der Waals surface area contributed by atoms with E-state index >= 15 is 0 Å². The molecule has 2 aromatic rings. The van der Waals surface area contributed by atoms with Crippen molar-refractivity contribution in [3.8, 4) is 17.4 Å². The number of hydrogen-bond acceptors (Lipinski definition) is 6. The van der Waals surface area contributed by atoms with Crippen LogP contribution in [0.3, 0.4) is 0 Å². The molecule has 2 heterocycles. The number of hydrogen-bond donors (Lipinski definition) is 2. The van der Waals surface area contributed by atoms with Gasteiger partial charge in [0.2, 0.25) is 11.8 Å². The Morgan fingerprint density at radius 1 is 1.21 bits per heavy atom. The van der Waals surface area contributed by atoms with Gasteiger partial charge in [-0.1, -0.05) is 0 Å². The second kappa shape index (κ2) is 11.7. The van der Waals surface area contributed by atoms with Crippen LogP contribution < -0.4 is 20.5 Å². The predicted molar refractivity (Wildman–Crippen MR) is 111 cm³/mol. The fourth-order valence-corrected chi connectivity index (χ4v) is 2.76. The van der Waals surface area contributed by atoms with Crippen LogP contribution in [-0.2, 0) is 16.1 Å². The lowest BCUT2D eigenvalue weighted by Gasteiger charge is -2.13. The van der Waals surface area contributed by atoms with Crippen LogP contribution in [0.25, 0.3) is 0 Å². The topological polar surface area (TPSA) is 95.7 Å². The molecule has 1 aliphatic rings. The smallest absolute Gasteiger partial charge is 0.249 e. The second-order valence-corrected chi connectivity index (χ2v) is 6.06. The minimum Gasteiger partial charge on any atom is -0.497 e. The largest absolute Gasteiger partial charge is 0.497 e. The fourth-order valence-electron chi connectivity index (χ4n) is 2.76. The molecule has 9 heteroatoms. The summed E-state index contributed by atoms with van der Waals surface area (Å²) in [6.07, 6.45) is 2.74. The lowest BCUT2D eigenvalue weighted by atomic mass is 10.2. The Morgan fingerprint density at radius 3 is 2.57 bits per heavy atom. The van der Waals surface area contributed by atoms with E-state index in [2.05, 4.69) is 10.3 Å². The van der Waals surface area contributed by atoms with E-state index in [0.717, 1.165) is 17.7 Å². The molecule has 0 aliphatic carbocycles. The zero-order valence-corrected chi connectivity index (χ0v) is 17.1. The van der Waals surface area contributed by atoms with E-state index < -0.39 is 6.10 Å². The molecule has 28 heavy (non-hydrogen) atoms. The normalized spacial score (nSPS) is 17.8. The van der Waals surface area contributed by atoms with Crippen LogP contribution in [0.2, 0.25) is 0 Å². The quantitative estimate of drug-likeness (QED) is 0.702. The van der Waals surface area contributed by atoms with Crippen LogP contribution in [0.15, 0.2) is 42.6 Å². The van der Waals surface area contributed by atoms with Crippen molar-refractivity contribution in [1.29, 1.82) is 0 Å². The summed E-state index contributed by atoms with van der Waals surface area (Å²) in [5, 5.41) is 2.89. The Bertz CT molecular complexity index is 746. The third-order valence-corrected chi connectivity index (χ3v) is 4.21. The van der Waals surface area contributed by atoms with Gasteiger partial charge in [0.1, 0.15) is 17.6 Å². The Kier molecular flexibility index (Phi) is 10.0. The van der Waals surface area contributed by atoms with Crippen molar-refractivity contribution in [3.05, 3.63) is 48.2 Å². The summed E-state index contributed by atoms with van der Waals surface area (Å²) in [5.74, 6) is 1.76. The van der Waals surface area contributed by atoms with Gasteiger partial charge in [-0.3, -0.25) is 4.79 Å². The number of carbonyl (C=O) groups is 1. The molecule has 1 aliphatic heterocycles. The minimum absolute atomic E-state index is 0. The van der Waals surface area contributed by atoms with Crippen molar-refractivity contribution >= 4 is 30.7 Å². The lowest BCUT2D eigenvalue weighted by Crippen LogP contribution is -2.35. The van der Waals surface area contributed by atoms with E-state index in [4.69, 9.17) is 19.9 Å². The summed E-state index contributed by atoms with van der Waals surface area (Å²) in [6, 6.07) is 10.9. The summed E-state index contributed by atoms with van der Waals surface area (Å²) in [6.45, 7) is 0.827. The number of benzene rings is 1.